The second kappa shape index (κ2) is 5.95. The van der Waals surface area contributed by atoms with E-state index in [0.717, 1.165) is 5.75 Å². The van der Waals surface area contributed by atoms with Crippen LogP contribution in [0, 0.1) is 0 Å². The molecule has 0 radical (unpaired) electrons. The Balaban J connectivity index is 2.35. The second-order valence-corrected chi connectivity index (χ2v) is 10.0. The summed E-state index contributed by atoms with van der Waals surface area (Å²) in [6.45, 7) is 8.97. The molecule has 5 nitrogen and oxygen atoms in total. The number of sulfonamides is 1. The van der Waals surface area contributed by atoms with E-state index in [1.165, 1.54) is 0 Å². The van der Waals surface area contributed by atoms with Gasteiger partial charge in [0, 0.05) is 41.5 Å². The summed E-state index contributed by atoms with van der Waals surface area (Å²) in [5.41, 5.74) is 0.634. The lowest BCUT2D eigenvalue weighted by Crippen LogP contribution is -2.45. The normalized spacial score (nSPS) is 20.1. The molecule has 1 aliphatic rings. The summed E-state index contributed by atoms with van der Waals surface area (Å²) < 4.78 is 28.9. The molecule has 1 aromatic heterocycles. The maximum Gasteiger partial charge on any atom is 0.244 e. The zero-order valence-electron chi connectivity index (χ0n) is 13.0. The first-order valence-electron chi connectivity index (χ1n) is 7.13. The van der Waals surface area contributed by atoms with Crippen LogP contribution in [0.5, 0.6) is 0 Å². The van der Waals surface area contributed by atoms with Gasteiger partial charge in [0.15, 0.2) is 0 Å². The summed E-state index contributed by atoms with van der Waals surface area (Å²) in [5, 5.41) is 9.41. The Labute approximate surface area is 131 Å². The van der Waals surface area contributed by atoms with Crippen LogP contribution >= 0.6 is 11.8 Å². The molecule has 0 amide bonds. The highest BCUT2D eigenvalue weighted by molar-refractivity contribution is 8.00. The molecule has 0 aliphatic carbocycles. The van der Waals surface area contributed by atoms with Gasteiger partial charge in [-0.1, -0.05) is 0 Å². The zero-order chi connectivity index (χ0) is 15.8. The lowest BCUT2D eigenvalue weighted by Gasteiger charge is -2.36. The minimum atomic E-state index is -3.49. The van der Waals surface area contributed by atoms with Crippen LogP contribution in [0.3, 0.4) is 0 Å². The molecule has 21 heavy (non-hydrogen) atoms. The molecule has 1 aromatic rings. The van der Waals surface area contributed by atoms with Gasteiger partial charge in [0.1, 0.15) is 4.90 Å². The van der Waals surface area contributed by atoms with E-state index >= 15 is 0 Å². The molecule has 0 bridgehead atoms. The topological polar surface area (TPSA) is 62.5 Å². The number of hydrogen-bond acceptors (Lipinski definition) is 4. The molecule has 0 unspecified atom stereocenters. The summed E-state index contributed by atoms with van der Waals surface area (Å²) in [6, 6.07) is 1.70. The van der Waals surface area contributed by atoms with Gasteiger partial charge in [-0.2, -0.15) is 16.1 Å². The predicted octanol–water partition coefficient (Wildman–Crippen LogP) is 2.08. The van der Waals surface area contributed by atoms with E-state index < -0.39 is 10.0 Å². The lowest BCUT2D eigenvalue weighted by molar-refractivity contribution is 0.268. The van der Waals surface area contributed by atoms with E-state index in [2.05, 4.69) is 13.8 Å². The van der Waals surface area contributed by atoms with Gasteiger partial charge in [0.05, 0.1) is 6.61 Å². The first-order chi connectivity index (χ1) is 9.67. The lowest BCUT2D eigenvalue weighted by atomic mass is 10.2. The largest absolute Gasteiger partial charge is 0.390 e. The highest BCUT2D eigenvalue weighted by Crippen LogP contribution is 2.33. The van der Waals surface area contributed by atoms with E-state index in [4.69, 9.17) is 0 Å². The SMILES string of the molecule is CC(C)n1cc(S(=O)(=O)N2CCSC(C)(C)C2)cc1CO. The number of nitrogens with zero attached hydrogens (tertiary/aromatic N) is 2. The smallest absolute Gasteiger partial charge is 0.244 e. The fraction of sp³-hybridized carbons (Fsp3) is 0.714. The van der Waals surface area contributed by atoms with Crippen LogP contribution in [0.4, 0.5) is 0 Å². The molecular formula is C14H24N2O3S2. The standard InChI is InChI=1S/C14H24N2O3S2/c1-11(2)16-8-13(7-12(16)9-17)21(18,19)15-5-6-20-14(3,4)10-15/h7-8,11,17H,5-6,9-10H2,1-4H3. The maximum atomic E-state index is 12.8. The Bertz CT molecular complexity index is 606. The number of rotatable bonds is 4. The van der Waals surface area contributed by atoms with Gasteiger partial charge in [-0.25, -0.2) is 8.42 Å². The van der Waals surface area contributed by atoms with Crippen LogP contribution in [-0.2, 0) is 16.6 Å². The highest BCUT2D eigenvalue weighted by Gasteiger charge is 2.35. The number of aromatic nitrogens is 1. The van der Waals surface area contributed by atoms with Crippen molar-refractivity contribution in [2.24, 2.45) is 0 Å². The van der Waals surface area contributed by atoms with E-state index in [1.54, 1.807) is 28.3 Å². The summed E-state index contributed by atoms with van der Waals surface area (Å²) in [4.78, 5) is 0.281. The van der Waals surface area contributed by atoms with Gasteiger partial charge < -0.3 is 9.67 Å². The monoisotopic (exact) mass is 332 g/mol. The predicted molar refractivity (Wildman–Crippen MR) is 86.0 cm³/mol. The van der Waals surface area contributed by atoms with Crippen LogP contribution < -0.4 is 0 Å². The first kappa shape index (κ1) is 16.9. The van der Waals surface area contributed by atoms with Crippen molar-refractivity contribution in [1.29, 1.82) is 0 Å². The first-order valence-corrected chi connectivity index (χ1v) is 9.56. The van der Waals surface area contributed by atoms with E-state index in [9.17, 15) is 13.5 Å². The minimum absolute atomic E-state index is 0.0637. The Morgan fingerprint density at radius 2 is 2.10 bits per heavy atom. The van der Waals surface area contributed by atoms with Crippen LogP contribution in [0.2, 0.25) is 0 Å². The van der Waals surface area contributed by atoms with Gasteiger partial charge in [-0.05, 0) is 33.8 Å². The quantitative estimate of drug-likeness (QED) is 0.917. The summed E-state index contributed by atoms with van der Waals surface area (Å²) in [7, 11) is -3.49. The third-order valence-corrected chi connectivity index (χ3v) is 6.76. The molecule has 2 rings (SSSR count). The van der Waals surface area contributed by atoms with Crippen LogP contribution in [0.1, 0.15) is 39.4 Å². The molecule has 7 heteroatoms. The van der Waals surface area contributed by atoms with Gasteiger partial charge in [0.2, 0.25) is 10.0 Å². The number of aliphatic hydroxyl groups excluding tert-OH is 1. The van der Waals surface area contributed by atoms with Crippen molar-refractivity contribution in [2.45, 2.75) is 50.0 Å². The molecule has 1 aliphatic heterocycles. The van der Waals surface area contributed by atoms with Gasteiger partial charge in [-0.3, -0.25) is 0 Å². The average Bonchev–Trinajstić information content (AvgIpc) is 2.82. The van der Waals surface area contributed by atoms with Gasteiger partial charge in [-0.15, -0.1) is 0 Å². The molecule has 1 N–H and O–H groups in total. The van der Waals surface area contributed by atoms with Gasteiger partial charge in [0.25, 0.3) is 0 Å². The summed E-state index contributed by atoms with van der Waals surface area (Å²) >= 11 is 1.80. The average molecular weight is 332 g/mol. The minimum Gasteiger partial charge on any atom is -0.390 e. The van der Waals surface area contributed by atoms with Crippen molar-refractivity contribution < 1.29 is 13.5 Å². The maximum absolute atomic E-state index is 12.8. The number of hydrogen-bond donors (Lipinski definition) is 1. The fourth-order valence-corrected chi connectivity index (χ4v) is 5.54. The molecule has 0 aromatic carbocycles. The third kappa shape index (κ3) is 3.47. The molecule has 1 fully saturated rings. The van der Waals surface area contributed by atoms with Gasteiger partial charge >= 0.3 is 0 Å². The van der Waals surface area contributed by atoms with Crippen molar-refractivity contribution in [3.63, 3.8) is 0 Å². The van der Waals surface area contributed by atoms with Crippen molar-refractivity contribution in [3.05, 3.63) is 18.0 Å². The third-order valence-electron chi connectivity index (χ3n) is 3.65. The highest BCUT2D eigenvalue weighted by atomic mass is 32.2. The number of thioether (sulfide) groups is 1. The molecule has 0 saturated carbocycles. The van der Waals surface area contributed by atoms with Crippen LogP contribution in [0.25, 0.3) is 0 Å². The fourth-order valence-electron chi connectivity index (χ4n) is 2.57. The Morgan fingerprint density at radius 1 is 1.43 bits per heavy atom. The van der Waals surface area contributed by atoms with Crippen molar-refractivity contribution in [2.75, 3.05) is 18.8 Å². The van der Waals surface area contributed by atoms with E-state index in [1.807, 2.05) is 18.4 Å². The Kier molecular flexibility index (Phi) is 4.78. The molecular weight excluding hydrogens is 308 g/mol. The molecule has 0 atom stereocenters. The van der Waals surface area contributed by atoms with Crippen LogP contribution in [-0.4, -0.2) is 46.0 Å². The molecule has 120 valence electrons. The number of aliphatic hydroxyl groups is 1. The zero-order valence-corrected chi connectivity index (χ0v) is 14.7. The second-order valence-electron chi connectivity index (χ2n) is 6.27. The molecule has 1 saturated heterocycles. The van der Waals surface area contributed by atoms with Crippen molar-refractivity contribution in [1.82, 2.24) is 8.87 Å². The molecule has 2 heterocycles. The van der Waals surface area contributed by atoms with Crippen molar-refractivity contribution >= 4 is 21.8 Å². The van der Waals surface area contributed by atoms with Crippen molar-refractivity contribution in [3.8, 4) is 0 Å². The van der Waals surface area contributed by atoms with E-state index in [-0.39, 0.29) is 22.3 Å². The molecule has 0 spiro atoms. The Hall–Kier alpha value is -0.500. The summed E-state index contributed by atoms with van der Waals surface area (Å²) in [5.74, 6) is 0.810. The summed E-state index contributed by atoms with van der Waals surface area (Å²) in [6.07, 6.45) is 1.64. The van der Waals surface area contributed by atoms with E-state index in [0.29, 0.717) is 18.8 Å². The Morgan fingerprint density at radius 3 is 2.57 bits per heavy atom. The van der Waals surface area contributed by atoms with Crippen LogP contribution in [0.15, 0.2) is 17.2 Å².